The van der Waals surface area contributed by atoms with Crippen LogP contribution in [0.5, 0.6) is 0 Å². The SMILES string of the molecule is CCC(CN)Nc1nnccc1C#N. The molecule has 0 spiro atoms. The van der Waals surface area contributed by atoms with E-state index in [4.69, 9.17) is 11.0 Å². The van der Waals surface area contributed by atoms with Crippen LogP contribution in [0.3, 0.4) is 0 Å². The number of nitriles is 1. The Morgan fingerprint density at radius 1 is 1.71 bits per heavy atom. The molecule has 0 aliphatic carbocycles. The second kappa shape index (κ2) is 5.14. The number of nitrogens with two attached hydrogens (primary N) is 1. The third-order valence-corrected chi connectivity index (χ3v) is 1.96. The molecule has 0 saturated carbocycles. The first-order chi connectivity index (χ1) is 6.81. The van der Waals surface area contributed by atoms with Crippen molar-refractivity contribution in [1.82, 2.24) is 10.2 Å². The summed E-state index contributed by atoms with van der Waals surface area (Å²) in [7, 11) is 0. The van der Waals surface area contributed by atoms with Gasteiger partial charge in [0.1, 0.15) is 6.07 Å². The predicted molar refractivity (Wildman–Crippen MR) is 53.5 cm³/mol. The molecule has 74 valence electrons. The van der Waals surface area contributed by atoms with Crippen LogP contribution in [0.4, 0.5) is 5.82 Å². The first kappa shape index (κ1) is 10.4. The van der Waals surface area contributed by atoms with Crippen molar-refractivity contribution in [2.24, 2.45) is 5.73 Å². The van der Waals surface area contributed by atoms with E-state index in [-0.39, 0.29) is 6.04 Å². The van der Waals surface area contributed by atoms with Crippen molar-refractivity contribution in [3.05, 3.63) is 17.8 Å². The maximum atomic E-state index is 8.79. The Hall–Kier alpha value is -1.67. The molecule has 1 rings (SSSR count). The van der Waals surface area contributed by atoms with Gasteiger partial charge in [-0.05, 0) is 12.5 Å². The van der Waals surface area contributed by atoms with E-state index in [9.17, 15) is 0 Å². The molecule has 0 radical (unpaired) electrons. The molecule has 14 heavy (non-hydrogen) atoms. The lowest BCUT2D eigenvalue weighted by molar-refractivity contribution is 0.697. The Labute approximate surface area is 82.9 Å². The molecule has 0 aromatic carbocycles. The predicted octanol–water partition coefficient (Wildman–Crippen LogP) is 0.497. The van der Waals surface area contributed by atoms with Crippen LogP contribution in [0, 0.1) is 11.3 Å². The van der Waals surface area contributed by atoms with E-state index in [2.05, 4.69) is 15.5 Å². The van der Waals surface area contributed by atoms with Crippen LogP contribution in [0.25, 0.3) is 0 Å². The molecule has 1 atom stereocenters. The molecule has 1 unspecified atom stereocenters. The van der Waals surface area contributed by atoms with E-state index in [1.807, 2.05) is 13.0 Å². The summed E-state index contributed by atoms with van der Waals surface area (Å²) in [6.07, 6.45) is 2.38. The molecule has 0 aliphatic rings. The Kier molecular flexibility index (Phi) is 3.83. The number of nitrogens with zero attached hydrogens (tertiary/aromatic N) is 3. The molecule has 5 heteroatoms. The number of hydrogen-bond acceptors (Lipinski definition) is 5. The molecule has 1 heterocycles. The number of aromatic nitrogens is 2. The Morgan fingerprint density at radius 2 is 2.50 bits per heavy atom. The normalized spacial score (nSPS) is 11.8. The summed E-state index contributed by atoms with van der Waals surface area (Å²) < 4.78 is 0. The van der Waals surface area contributed by atoms with Gasteiger partial charge in [0.25, 0.3) is 0 Å². The largest absolute Gasteiger partial charge is 0.363 e. The second-order valence-electron chi connectivity index (χ2n) is 2.89. The molecule has 5 nitrogen and oxygen atoms in total. The summed E-state index contributed by atoms with van der Waals surface area (Å²) in [4.78, 5) is 0. The minimum absolute atomic E-state index is 0.138. The third-order valence-electron chi connectivity index (χ3n) is 1.96. The number of hydrogen-bond donors (Lipinski definition) is 2. The Balaban J connectivity index is 2.80. The van der Waals surface area contributed by atoms with Gasteiger partial charge in [-0.15, -0.1) is 5.10 Å². The van der Waals surface area contributed by atoms with Gasteiger partial charge >= 0.3 is 0 Å². The van der Waals surface area contributed by atoms with Crippen LogP contribution in [0.15, 0.2) is 12.3 Å². The molecule has 0 aliphatic heterocycles. The van der Waals surface area contributed by atoms with Crippen molar-refractivity contribution in [2.45, 2.75) is 19.4 Å². The minimum atomic E-state index is 0.138. The summed E-state index contributed by atoms with van der Waals surface area (Å²) in [6, 6.07) is 3.80. The van der Waals surface area contributed by atoms with E-state index in [0.29, 0.717) is 17.9 Å². The maximum absolute atomic E-state index is 8.79. The average Bonchev–Trinajstić information content (AvgIpc) is 2.26. The van der Waals surface area contributed by atoms with Gasteiger partial charge in [0, 0.05) is 12.6 Å². The molecule has 0 fully saturated rings. The van der Waals surface area contributed by atoms with Crippen LogP contribution in [0.1, 0.15) is 18.9 Å². The van der Waals surface area contributed by atoms with Crippen molar-refractivity contribution in [2.75, 3.05) is 11.9 Å². The number of rotatable bonds is 4. The molecule has 1 aromatic heterocycles. The van der Waals surface area contributed by atoms with Crippen LogP contribution in [-0.4, -0.2) is 22.8 Å². The molecule has 3 N–H and O–H groups in total. The smallest absolute Gasteiger partial charge is 0.166 e. The van der Waals surface area contributed by atoms with Gasteiger partial charge in [-0.1, -0.05) is 6.92 Å². The highest BCUT2D eigenvalue weighted by Crippen LogP contribution is 2.10. The quantitative estimate of drug-likeness (QED) is 0.723. The van der Waals surface area contributed by atoms with Gasteiger partial charge in [-0.2, -0.15) is 10.4 Å². The first-order valence-electron chi connectivity index (χ1n) is 4.50. The van der Waals surface area contributed by atoms with E-state index < -0.39 is 0 Å². The number of nitrogens with one attached hydrogen (secondary N) is 1. The van der Waals surface area contributed by atoms with E-state index in [1.54, 1.807) is 6.07 Å². The van der Waals surface area contributed by atoms with Gasteiger partial charge in [-0.3, -0.25) is 0 Å². The molecule has 1 aromatic rings. The summed E-state index contributed by atoms with van der Waals surface area (Å²) in [5.74, 6) is 0.507. The summed E-state index contributed by atoms with van der Waals surface area (Å²) in [5.41, 5.74) is 6.02. The van der Waals surface area contributed by atoms with E-state index in [1.165, 1.54) is 6.20 Å². The first-order valence-corrected chi connectivity index (χ1v) is 4.50. The van der Waals surface area contributed by atoms with Crippen LogP contribution < -0.4 is 11.1 Å². The van der Waals surface area contributed by atoms with E-state index >= 15 is 0 Å². The monoisotopic (exact) mass is 191 g/mol. The van der Waals surface area contributed by atoms with Gasteiger partial charge in [0.05, 0.1) is 11.8 Å². The van der Waals surface area contributed by atoms with Crippen molar-refractivity contribution in [3.63, 3.8) is 0 Å². The fourth-order valence-electron chi connectivity index (χ4n) is 1.05. The highest BCUT2D eigenvalue weighted by molar-refractivity contribution is 5.50. The topological polar surface area (TPSA) is 87.6 Å². The summed E-state index contributed by atoms with van der Waals surface area (Å²) in [6.45, 7) is 2.53. The molecule has 0 amide bonds. The zero-order chi connectivity index (χ0) is 10.4. The lowest BCUT2D eigenvalue weighted by Gasteiger charge is -2.14. The molecular formula is C9H13N5. The minimum Gasteiger partial charge on any atom is -0.363 e. The molecule has 0 bridgehead atoms. The summed E-state index contributed by atoms with van der Waals surface area (Å²) >= 11 is 0. The highest BCUT2D eigenvalue weighted by Gasteiger charge is 2.08. The standard InChI is InChI=1S/C9H13N5/c1-2-8(6-11)13-9-7(5-10)3-4-12-14-9/h3-4,8H,2,6,11H2,1H3,(H,13,14). The fraction of sp³-hybridized carbons (Fsp3) is 0.444. The van der Waals surface area contributed by atoms with Gasteiger partial charge in [0.15, 0.2) is 5.82 Å². The van der Waals surface area contributed by atoms with Crippen molar-refractivity contribution in [1.29, 1.82) is 5.26 Å². The van der Waals surface area contributed by atoms with Crippen LogP contribution in [0.2, 0.25) is 0 Å². The molecular weight excluding hydrogens is 178 g/mol. The maximum Gasteiger partial charge on any atom is 0.166 e. The van der Waals surface area contributed by atoms with Gasteiger partial charge in [-0.25, -0.2) is 0 Å². The number of anilines is 1. The van der Waals surface area contributed by atoms with Crippen LogP contribution in [-0.2, 0) is 0 Å². The van der Waals surface area contributed by atoms with Gasteiger partial charge in [0.2, 0.25) is 0 Å². The fourth-order valence-corrected chi connectivity index (χ4v) is 1.05. The lowest BCUT2D eigenvalue weighted by Crippen LogP contribution is -2.28. The van der Waals surface area contributed by atoms with Crippen LogP contribution >= 0.6 is 0 Å². The summed E-state index contributed by atoms with van der Waals surface area (Å²) in [5, 5.41) is 19.4. The van der Waals surface area contributed by atoms with Crippen molar-refractivity contribution in [3.8, 4) is 6.07 Å². The zero-order valence-corrected chi connectivity index (χ0v) is 8.07. The third kappa shape index (κ3) is 2.41. The van der Waals surface area contributed by atoms with E-state index in [0.717, 1.165) is 6.42 Å². The highest BCUT2D eigenvalue weighted by atomic mass is 15.2. The lowest BCUT2D eigenvalue weighted by atomic mass is 10.2. The Morgan fingerprint density at radius 3 is 3.07 bits per heavy atom. The van der Waals surface area contributed by atoms with Gasteiger partial charge < -0.3 is 11.1 Å². The zero-order valence-electron chi connectivity index (χ0n) is 8.07. The van der Waals surface area contributed by atoms with Crippen molar-refractivity contribution >= 4 is 5.82 Å². The Bertz CT molecular complexity index is 326. The van der Waals surface area contributed by atoms with Crippen molar-refractivity contribution < 1.29 is 0 Å². The molecule has 0 saturated heterocycles. The average molecular weight is 191 g/mol. The second-order valence-corrected chi connectivity index (χ2v) is 2.89.